The van der Waals surface area contributed by atoms with Crippen LogP contribution in [0.1, 0.15) is 32.6 Å². The highest BCUT2D eigenvalue weighted by atomic mass is 16.2. The van der Waals surface area contributed by atoms with Gasteiger partial charge in [0.2, 0.25) is 5.91 Å². The largest absolute Gasteiger partial charge is 0.359 e. The zero-order valence-electron chi connectivity index (χ0n) is 11.0. The van der Waals surface area contributed by atoms with Crippen molar-refractivity contribution in [2.75, 3.05) is 26.7 Å². The molecule has 1 amide bonds. The van der Waals surface area contributed by atoms with Crippen molar-refractivity contribution < 1.29 is 4.79 Å². The summed E-state index contributed by atoms with van der Waals surface area (Å²) in [5.74, 6) is 0.823. The van der Waals surface area contributed by atoms with Crippen LogP contribution >= 0.6 is 0 Å². The van der Waals surface area contributed by atoms with E-state index in [9.17, 15) is 4.79 Å². The maximum absolute atomic E-state index is 11.9. The summed E-state index contributed by atoms with van der Waals surface area (Å²) in [6.07, 6.45) is 4.78. The molecule has 4 nitrogen and oxygen atoms in total. The first kappa shape index (κ1) is 12.8. The van der Waals surface area contributed by atoms with Crippen LogP contribution in [-0.4, -0.2) is 43.5 Å². The van der Waals surface area contributed by atoms with Crippen molar-refractivity contribution in [2.24, 2.45) is 17.1 Å². The molecular formula is C13H25N3O. The third-order valence-electron chi connectivity index (χ3n) is 4.67. The van der Waals surface area contributed by atoms with E-state index in [1.165, 1.54) is 19.3 Å². The second-order valence-corrected chi connectivity index (χ2v) is 5.85. The molecule has 4 heteroatoms. The van der Waals surface area contributed by atoms with Crippen molar-refractivity contribution in [3.05, 3.63) is 0 Å². The first-order valence-electron chi connectivity index (χ1n) is 6.77. The molecule has 98 valence electrons. The molecule has 3 N–H and O–H groups in total. The van der Waals surface area contributed by atoms with E-state index >= 15 is 0 Å². The first-order chi connectivity index (χ1) is 8.10. The van der Waals surface area contributed by atoms with E-state index in [0.29, 0.717) is 12.0 Å². The highest BCUT2D eigenvalue weighted by molar-refractivity contribution is 5.82. The standard InChI is InChI=1S/C13H25N3O/c1-13(12(17)15-2)6-7-16(9-13)11-5-3-4-10(11)8-14/h10-11H,3-9,14H2,1-2H3,(H,15,17). The molecule has 0 bridgehead atoms. The summed E-state index contributed by atoms with van der Waals surface area (Å²) >= 11 is 0. The van der Waals surface area contributed by atoms with Gasteiger partial charge in [0.05, 0.1) is 5.41 Å². The Balaban J connectivity index is 2.00. The Bertz CT molecular complexity index is 294. The number of amides is 1. The predicted molar refractivity (Wildman–Crippen MR) is 68.5 cm³/mol. The van der Waals surface area contributed by atoms with Crippen molar-refractivity contribution in [1.82, 2.24) is 10.2 Å². The monoisotopic (exact) mass is 239 g/mol. The van der Waals surface area contributed by atoms with Crippen LogP contribution in [0.25, 0.3) is 0 Å². The van der Waals surface area contributed by atoms with Gasteiger partial charge in [0.15, 0.2) is 0 Å². The lowest BCUT2D eigenvalue weighted by molar-refractivity contribution is -0.129. The van der Waals surface area contributed by atoms with Crippen molar-refractivity contribution in [2.45, 2.75) is 38.6 Å². The minimum absolute atomic E-state index is 0.183. The summed E-state index contributed by atoms with van der Waals surface area (Å²) in [5.41, 5.74) is 5.64. The molecule has 2 fully saturated rings. The SMILES string of the molecule is CNC(=O)C1(C)CCN(C2CCCC2CN)C1. The van der Waals surface area contributed by atoms with Crippen molar-refractivity contribution in [1.29, 1.82) is 0 Å². The number of hydrogen-bond acceptors (Lipinski definition) is 3. The van der Waals surface area contributed by atoms with Gasteiger partial charge in [-0.15, -0.1) is 0 Å². The topological polar surface area (TPSA) is 58.4 Å². The van der Waals surface area contributed by atoms with E-state index in [-0.39, 0.29) is 11.3 Å². The Morgan fingerprint density at radius 3 is 2.94 bits per heavy atom. The summed E-state index contributed by atoms with van der Waals surface area (Å²) < 4.78 is 0. The fourth-order valence-electron chi connectivity index (χ4n) is 3.54. The number of likely N-dealkylation sites (tertiary alicyclic amines) is 1. The van der Waals surface area contributed by atoms with Crippen LogP contribution in [0.5, 0.6) is 0 Å². The molecule has 2 rings (SSSR count). The maximum atomic E-state index is 11.9. The Hall–Kier alpha value is -0.610. The number of rotatable bonds is 3. The quantitative estimate of drug-likeness (QED) is 0.757. The molecule has 2 aliphatic rings. The number of carbonyl (C=O) groups is 1. The Morgan fingerprint density at radius 1 is 1.53 bits per heavy atom. The van der Waals surface area contributed by atoms with Crippen LogP contribution in [0.4, 0.5) is 0 Å². The average Bonchev–Trinajstić information content (AvgIpc) is 2.94. The minimum Gasteiger partial charge on any atom is -0.359 e. The van der Waals surface area contributed by atoms with Crippen LogP contribution < -0.4 is 11.1 Å². The Morgan fingerprint density at radius 2 is 2.29 bits per heavy atom. The Labute approximate surface area is 104 Å². The summed E-state index contributed by atoms with van der Waals surface area (Å²) in [7, 11) is 1.73. The van der Waals surface area contributed by atoms with Crippen molar-refractivity contribution in [3.63, 3.8) is 0 Å². The average molecular weight is 239 g/mol. The van der Waals surface area contributed by atoms with Gasteiger partial charge in [-0.05, 0) is 45.2 Å². The number of nitrogens with zero attached hydrogens (tertiary/aromatic N) is 1. The first-order valence-corrected chi connectivity index (χ1v) is 6.77. The third kappa shape index (κ3) is 2.33. The van der Waals surface area contributed by atoms with E-state index in [4.69, 9.17) is 5.73 Å². The van der Waals surface area contributed by atoms with Gasteiger partial charge in [0.25, 0.3) is 0 Å². The second-order valence-electron chi connectivity index (χ2n) is 5.85. The van der Waals surface area contributed by atoms with Gasteiger partial charge in [-0.1, -0.05) is 6.42 Å². The molecule has 1 heterocycles. The van der Waals surface area contributed by atoms with Gasteiger partial charge < -0.3 is 11.1 Å². The summed E-state index contributed by atoms with van der Waals surface area (Å²) in [5, 5.41) is 2.79. The number of nitrogens with one attached hydrogen (secondary N) is 1. The third-order valence-corrected chi connectivity index (χ3v) is 4.67. The lowest BCUT2D eigenvalue weighted by atomic mass is 9.88. The highest BCUT2D eigenvalue weighted by Crippen LogP contribution is 2.37. The van der Waals surface area contributed by atoms with E-state index in [2.05, 4.69) is 17.1 Å². The molecule has 17 heavy (non-hydrogen) atoms. The molecule has 3 unspecified atom stereocenters. The van der Waals surface area contributed by atoms with E-state index < -0.39 is 0 Å². The predicted octanol–water partition coefficient (Wildman–Crippen LogP) is 0.572. The van der Waals surface area contributed by atoms with Gasteiger partial charge in [-0.25, -0.2) is 0 Å². The fraction of sp³-hybridized carbons (Fsp3) is 0.923. The van der Waals surface area contributed by atoms with Crippen LogP contribution in [0.3, 0.4) is 0 Å². The van der Waals surface area contributed by atoms with E-state index in [1.807, 2.05) is 0 Å². The van der Waals surface area contributed by atoms with Crippen LogP contribution in [0.15, 0.2) is 0 Å². The molecule has 0 radical (unpaired) electrons. The minimum atomic E-state index is -0.198. The number of nitrogens with two attached hydrogens (primary N) is 1. The van der Waals surface area contributed by atoms with Crippen LogP contribution in [0.2, 0.25) is 0 Å². The Kier molecular flexibility index (Phi) is 3.73. The molecule has 0 aromatic heterocycles. The van der Waals surface area contributed by atoms with Gasteiger partial charge in [0, 0.05) is 19.6 Å². The lowest BCUT2D eigenvalue weighted by Crippen LogP contribution is -2.43. The highest BCUT2D eigenvalue weighted by Gasteiger charge is 2.44. The summed E-state index contributed by atoms with van der Waals surface area (Å²) in [6.45, 7) is 4.81. The maximum Gasteiger partial charge on any atom is 0.227 e. The summed E-state index contributed by atoms with van der Waals surface area (Å²) in [6, 6.07) is 0.617. The van der Waals surface area contributed by atoms with Gasteiger partial charge in [-0.3, -0.25) is 9.69 Å². The van der Waals surface area contributed by atoms with Crippen molar-refractivity contribution >= 4 is 5.91 Å². The molecule has 1 aliphatic heterocycles. The van der Waals surface area contributed by atoms with Crippen LogP contribution in [-0.2, 0) is 4.79 Å². The number of carbonyl (C=O) groups excluding carboxylic acids is 1. The molecular weight excluding hydrogens is 214 g/mol. The molecule has 3 atom stereocenters. The van der Waals surface area contributed by atoms with Crippen molar-refractivity contribution in [3.8, 4) is 0 Å². The molecule has 1 saturated carbocycles. The van der Waals surface area contributed by atoms with E-state index in [1.54, 1.807) is 7.05 Å². The van der Waals surface area contributed by atoms with Crippen LogP contribution in [0, 0.1) is 11.3 Å². The van der Waals surface area contributed by atoms with Gasteiger partial charge in [0.1, 0.15) is 0 Å². The molecule has 1 saturated heterocycles. The van der Waals surface area contributed by atoms with Gasteiger partial charge in [-0.2, -0.15) is 0 Å². The fourth-order valence-corrected chi connectivity index (χ4v) is 3.54. The molecule has 0 spiro atoms. The summed E-state index contributed by atoms with van der Waals surface area (Å²) in [4.78, 5) is 14.4. The zero-order chi connectivity index (χ0) is 12.5. The molecule has 0 aromatic carbocycles. The molecule has 0 aromatic rings. The smallest absolute Gasteiger partial charge is 0.227 e. The molecule has 1 aliphatic carbocycles. The van der Waals surface area contributed by atoms with Gasteiger partial charge >= 0.3 is 0 Å². The number of hydrogen-bond donors (Lipinski definition) is 2. The normalized spacial score (nSPS) is 38.5. The second kappa shape index (κ2) is 4.94. The zero-order valence-corrected chi connectivity index (χ0v) is 11.0. The lowest BCUT2D eigenvalue weighted by Gasteiger charge is -2.30. The van der Waals surface area contributed by atoms with E-state index in [0.717, 1.165) is 26.1 Å².